The zero-order valence-corrected chi connectivity index (χ0v) is 16.8. The quantitative estimate of drug-likeness (QED) is 0.598. The van der Waals surface area contributed by atoms with Crippen molar-refractivity contribution in [3.63, 3.8) is 0 Å². The van der Waals surface area contributed by atoms with Gasteiger partial charge in [-0.25, -0.2) is 14.2 Å². The molecule has 4 N–H and O–H groups in total. The highest BCUT2D eigenvalue weighted by atomic mass is 19.1. The number of rotatable bonds is 5. The summed E-state index contributed by atoms with van der Waals surface area (Å²) in [5.41, 5.74) is -0.201. The Kier molecular flexibility index (Phi) is 5.66. The molecule has 1 heterocycles. The van der Waals surface area contributed by atoms with E-state index in [9.17, 15) is 19.4 Å². The van der Waals surface area contributed by atoms with Gasteiger partial charge < -0.3 is 20.3 Å². The number of hydrogen-bond donors (Lipinski definition) is 4. The number of nitrogens with one attached hydrogen (secondary N) is 2. The minimum Gasteiger partial charge on any atom is -0.508 e. The molecule has 0 bridgehead atoms. The summed E-state index contributed by atoms with van der Waals surface area (Å²) in [5.74, 6) is -0.859. The van der Waals surface area contributed by atoms with Crippen molar-refractivity contribution >= 4 is 11.9 Å². The number of halogens is 1. The fourth-order valence-electron chi connectivity index (χ4n) is 3.37. The Bertz CT molecular complexity index is 907. The number of amides is 1. The molecular formula is C21H26FN3O4. The lowest BCUT2D eigenvalue weighted by atomic mass is 9.71. The maximum atomic E-state index is 14.8. The third-order valence-electron chi connectivity index (χ3n) is 4.91. The number of anilines is 1. The number of carbonyl (C=O) groups excluding carboxylic acids is 1. The van der Waals surface area contributed by atoms with Crippen LogP contribution in [0, 0.1) is 5.82 Å². The predicted molar refractivity (Wildman–Crippen MR) is 106 cm³/mol. The molecule has 0 atom stereocenters. The van der Waals surface area contributed by atoms with E-state index in [1.807, 2.05) is 0 Å². The van der Waals surface area contributed by atoms with Crippen LogP contribution in [0.5, 0.6) is 11.5 Å². The Labute approximate surface area is 168 Å². The number of benzene rings is 1. The van der Waals surface area contributed by atoms with Crippen LogP contribution in [0.15, 0.2) is 30.5 Å². The number of carbonyl (C=O) groups is 1. The number of nitrogens with zero attached hydrogens (tertiary/aromatic N) is 1. The van der Waals surface area contributed by atoms with Crippen LogP contribution in [0.3, 0.4) is 0 Å². The van der Waals surface area contributed by atoms with Crippen molar-refractivity contribution < 1.29 is 24.1 Å². The van der Waals surface area contributed by atoms with Crippen LogP contribution >= 0.6 is 0 Å². The lowest BCUT2D eigenvalue weighted by Crippen LogP contribution is -2.47. The first kappa shape index (κ1) is 20.9. The van der Waals surface area contributed by atoms with E-state index in [0.29, 0.717) is 11.1 Å². The number of phenols is 2. The molecule has 7 nitrogen and oxygen atoms in total. The molecule has 1 aliphatic carbocycles. The van der Waals surface area contributed by atoms with Crippen molar-refractivity contribution in [3.05, 3.63) is 47.4 Å². The summed E-state index contributed by atoms with van der Waals surface area (Å²) >= 11 is 0. The summed E-state index contributed by atoms with van der Waals surface area (Å²) in [6.07, 6.45) is 3.16. The van der Waals surface area contributed by atoms with E-state index in [-0.39, 0.29) is 23.9 Å². The Morgan fingerprint density at radius 1 is 1.28 bits per heavy atom. The first-order valence-electron chi connectivity index (χ1n) is 9.50. The average molecular weight is 403 g/mol. The Balaban J connectivity index is 1.74. The molecule has 0 spiro atoms. The Hall–Kier alpha value is -2.87. The number of pyridine rings is 1. The van der Waals surface area contributed by atoms with E-state index < -0.39 is 23.1 Å². The van der Waals surface area contributed by atoms with Gasteiger partial charge in [0, 0.05) is 35.5 Å². The second-order valence-electron chi connectivity index (χ2n) is 8.25. The second kappa shape index (κ2) is 7.87. The summed E-state index contributed by atoms with van der Waals surface area (Å²) in [5, 5.41) is 25.4. The molecular weight excluding hydrogens is 377 g/mol. The normalized spacial score (nSPS) is 15.4. The number of aromatic nitrogens is 1. The SMILES string of the molecule is CC(C)(C)OC(=O)Nc1nccc(CNC2(c3ccc(O)cc3O)CCC2)c1F. The van der Waals surface area contributed by atoms with Crippen LogP contribution < -0.4 is 10.6 Å². The van der Waals surface area contributed by atoms with E-state index in [4.69, 9.17) is 4.74 Å². The van der Waals surface area contributed by atoms with Gasteiger partial charge in [0.05, 0.1) is 0 Å². The minimum atomic E-state index is -0.779. The van der Waals surface area contributed by atoms with Crippen molar-refractivity contribution in [2.45, 2.75) is 57.7 Å². The average Bonchev–Trinajstić information content (AvgIpc) is 2.56. The fourth-order valence-corrected chi connectivity index (χ4v) is 3.37. The highest BCUT2D eigenvalue weighted by Gasteiger charge is 2.40. The molecule has 1 fully saturated rings. The molecule has 1 aromatic heterocycles. The maximum Gasteiger partial charge on any atom is 0.413 e. The molecule has 0 radical (unpaired) electrons. The van der Waals surface area contributed by atoms with Crippen LogP contribution in [0.25, 0.3) is 0 Å². The van der Waals surface area contributed by atoms with Crippen LogP contribution in [-0.4, -0.2) is 26.9 Å². The van der Waals surface area contributed by atoms with E-state index in [0.717, 1.165) is 19.3 Å². The summed E-state index contributed by atoms with van der Waals surface area (Å²) in [7, 11) is 0. The lowest BCUT2D eigenvalue weighted by Gasteiger charge is -2.43. The van der Waals surface area contributed by atoms with Gasteiger partial charge in [0.15, 0.2) is 11.6 Å². The molecule has 2 aromatic rings. The molecule has 8 heteroatoms. The van der Waals surface area contributed by atoms with Crippen molar-refractivity contribution in [2.24, 2.45) is 0 Å². The highest BCUT2D eigenvalue weighted by molar-refractivity contribution is 5.83. The molecule has 156 valence electrons. The molecule has 1 aromatic carbocycles. The maximum absolute atomic E-state index is 14.8. The van der Waals surface area contributed by atoms with Gasteiger partial charge in [-0.05, 0) is 58.2 Å². The molecule has 0 aliphatic heterocycles. The topological polar surface area (TPSA) is 104 Å². The molecule has 1 amide bonds. The van der Waals surface area contributed by atoms with Gasteiger partial charge in [-0.15, -0.1) is 0 Å². The number of phenolic OH excluding ortho intramolecular Hbond substituents is 2. The number of hydrogen-bond acceptors (Lipinski definition) is 6. The van der Waals surface area contributed by atoms with Crippen LogP contribution in [0.2, 0.25) is 0 Å². The molecule has 29 heavy (non-hydrogen) atoms. The van der Waals surface area contributed by atoms with Crippen molar-refractivity contribution in [1.82, 2.24) is 10.3 Å². The Morgan fingerprint density at radius 2 is 2.00 bits per heavy atom. The van der Waals surface area contributed by atoms with Crippen LogP contribution in [-0.2, 0) is 16.8 Å². The van der Waals surface area contributed by atoms with Gasteiger partial charge in [0.25, 0.3) is 0 Å². The summed E-state index contributed by atoms with van der Waals surface area (Å²) < 4.78 is 20.0. The summed E-state index contributed by atoms with van der Waals surface area (Å²) in [6.45, 7) is 5.33. The lowest BCUT2D eigenvalue weighted by molar-refractivity contribution is 0.0634. The standard InChI is InChI=1S/C21H26FN3O4/c1-20(2,3)29-19(28)25-18-17(22)13(7-10-23-18)12-24-21(8-4-9-21)15-6-5-14(26)11-16(15)27/h5-7,10-11,24,26-27H,4,8-9,12H2,1-3H3,(H,23,25,28). The van der Waals surface area contributed by atoms with Gasteiger partial charge in [0.1, 0.15) is 17.1 Å². The zero-order valence-electron chi connectivity index (χ0n) is 16.8. The highest BCUT2D eigenvalue weighted by Crippen LogP contribution is 2.45. The predicted octanol–water partition coefficient (Wildman–Crippen LogP) is 4.15. The molecule has 1 aliphatic rings. The molecule has 3 rings (SSSR count). The summed E-state index contributed by atoms with van der Waals surface area (Å²) in [6, 6.07) is 6.03. The van der Waals surface area contributed by atoms with E-state index in [2.05, 4.69) is 15.6 Å². The van der Waals surface area contributed by atoms with Gasteiger partial charge in [0.2, 0.25) is 0 Å². The fraction of sp³-hybridized carbons (Fsp3) is 0.429. The summed E-state index contributed by atoms with van der Waals surface area (Å²) in [4.78, 5) is 15.8. The Morgan fingerprint density at radius 3 is 2.59 bits per heavy atom. The van der Waals surface area contributed by atoms with Crippen molar-refractivity contribution in [2.75, 3.05) is 5.32 Å². The van der Waals surface area contributed by atoms with Crippen LogP contribution in [0.1, 0.15) is 51.2 Å². The van der Waals surface area contributed by atoms with Gasteiger partial charge in [-0.1, -0.05) is 0 Å². The first-order valence-corrected chi connectivity index (χ1v) is 9.50. The molecule has 1 saturated carbocycles. The first-order chi connectivity index (χ1) is 13.6. The number of ether oxygens (including phenoxy) is 1. The number of aromatic hydroxyl groups is 2. The van der Waals surface area contributed by atoms with Gasteiger partial charge in [-0.3, -0.25) is 5.32 Å². The second-order valence-corrected chi connectivity index (χ2v) is 8.25. The third-order valence-corrected chi connectivity index (χ3v) is 4.91. The molecule has 0 unspecified atom stereocenters. The largest absolute Gasteiger partial charge is 0.508 e. The van der Waals surface area contributed by atoms with Gasteiger partial charge >= 0.3 is 6.09 Å². The van der Waals surface area contributed by atoms with E-state index in [1.54, 1.807) is 26.8 Å². The van der Waals surface area contributed by atoms with E-state index in [1.165, 1.54) is 24.4 Å². The van der Waals surface area contributed by atoms with Gasteiger partial charge in [-0.2, -0.15) is 0 Å². The minimum absolute atomic E-state index is 0.000295. The van der Waals surface area contributed by atoms with E-state index >= 15 is 0 Å². The van der Waals surface area contributed by atoms with Crippen molar-refractivity contribution in [1.29, 1.82) is 0 Å². The zero-order chi connectivity index (χ0) is 21.2. The van der Waals surface area contributed by atoms with Crippen molar-refractivity contribution in [3.8, 4) is 11.5 Å². The van der Waals surface area contributed by atoms with Crippen LogP contribution in [0.4, 0.5) is 15.0 Å². The molecule has 0 saturated heterocycles. The third kappa shape index (κ3) is 4.76. The monoisotopic (exact) mass is 403 g/mol. The smallest absolute Gasteiger partial charge is 0.413 e.